The molecule has 27 heavy (non-hydrogen) atoms. The first-order valence-electron chi connectivity index (χ1n) is 8.72. The predicted molar refractivity (Wildman–Crippen MR) is 109 cm³/mol. The molecule has 0 radical (unpaired) electrons. The maximum absolute atomic E-state index is 12.6. The van der Waals surface area contributed by atoms with Gasteiger partial charge in [-0.05, 0) is 23.8 Å². The molecule has 140 valence electrons. The molecule has 0 aliphatic carbocycles. The molecule has 0 heterocycles. The summed E-state index contributed by atoms with van der Waals surface area (Å²) in [7, 11) is 1.73. The summed E-state index contributed by atoms with van der Waals surface area (Å²) in [5, 5.41) is 8.84. The van der Waals surface area contributed by atoms with Crippen LogP contribution < -0.4 is 4.90 Å². The first-order valence-corrected chi connectivity index (χ1v) is 9.52. The van der Waals surface area contributed by atoms with E-state index in [2.05, 4.69) is 22.0 Å². The third-order valence-electron chi connectivity index (χ3n) is 4.16. The summed E-state index contributed by atoms with van der Waals surface area (Å²) in [6, 6.07) is 19.0. The van der Waals surface area contributed by atoms with E-state index in [1.807, 2.05) is 54.6 Å². The van der Waals surface area contributed by atoms with Crippen LogP contribution in [0.25, 0.3) is 0 Å². The fourth-order valence-corrected chi connectivity index (χ4v) is 3.09. The molecule has 0 N–H and O–H groups in total. The molecular weight excluding hydrogens is 406 g/mol. The lowest BCUT2D eigenvalue weighted by atomic mass is 10.2. The Bertz CT molecular complexity index is 818. The Morgan fingerprint density at radius 2 is 1.63 bits per heavy atom. The van der Waals surface area contributed by atoms with E-state index < -0.39 is 0 Å². The van der Waals surface area contributed by atoms with Crippen molar-refractivity contribution in [3.05, 3.63) is 64.6 Å². The van der Waals surface area contributed by atoms with Crippen molar-refractivity contribution in [2.24, 2.45) is 0 Å². The Morgan fingerprint density at radius 1 is 1.00 bits per heavy atom. The second-order valence-electron chi connectivity index (χ2n) is 6.13. The summed E-state index contributed by atoms with van der Waals surface area (Å²) in [4.78, 5) is 28.2. The molecular formula is C21H22BrN3O2. The summed E-state index contributed by atoms with van der Waals surface area (Å²) in [6.07, 6.45) is 0.492. The number of hydrogen-bond acceptors (Lipinski definition) is 3. The zero-order chi connectivity index (χ0) is 19.6. The van der Waals surface area contributed by atoms with Gasteiger partial charge in [-0.15, -0.1) is 0 Å². The molecule has 0 bridgehead atoms. The molecule has 2 aromatic rings. The van der Waals surface area contributed by atoms with Crippen molar-refractivity contribution in [2.75, 3.05) is 18.5 Å². The zero-order valence-electron chi connectivity index (χ0n) is 15.3. The van der Waals surface area contributed by atoms with Crippen molar-refractivity contribution in [1.29, 1.82) is 5.26 Å². The van der Waals surface area contributed by atoms with Gasteiger partial charge in [-0.2, -0.15) is 5.26 Å². The number of carbonyl (C=O) groups is 2. The molecule has 5 nitrogen and oxygen atoms in total. The standard InChI is InChI=1S/C21H22BrN3O2/c1-24(16-17-8-5-6-11-19(17)22)20(26)12-13-21(27)25(15-7-14-23)18-9-3-2-4-10-18/h2-6,8-11H,7,12-13,15-16H2,1H3. The maximum atomic E-state index is 12.6. The molecule has 0 aliphatic rings. The molecule has 0 saturated carbocycles. The highest BCUT2D eigenvalue weighted by molar-refractivity contribution is 9.10. The zero-order valence-corrected chi connectivity index (χ0v) is 16.9. The highest BCUT2D eigenvalue weighted by Crippen LogP contribution is 2.19. The Kier molecular flexibility index (Phi) is 8.02. The van der Waals surface area contributed by atoms with Crippen LogP contribution in [0.3, 0.4) is 0 Å². The van der Waals surface area contributed by atoms with E-state index in [0.29, 0.717) is 13.1 Å². The van der Waals surface area contributed by atoms with Crippen molar-refractivity contribution in [3.8, 4) is 6.07 Å². The van der Waals surface area contributed by atoms with E-state index in [0.717, 1.165) is 15.7 Å². The minimum absolute atomic E-state index is 0.0904. The quantitative estimate of drug-likeness (QED) is 0.635. The van der Waals surface area contributed by atoms with E-state index in [9.17, 15) is 9.59 Å². The monoisotopic (exact) mass is 427 g/mol. The van der Waals surface area contributed by atoms with Crippen molar-refractivity contribution in [2.45, 2.75) is 25.8 Å². The molecule has 2 aromatic carbocycles. The normalized spacial score (nSPS) is 10.1. The lowest BCUT2D eigenvalue weighted by Gasteiger charge is -2.23. The number of para-hydroxylation sites is 1. The average Bonchev–Trinajstić information content (AvgIpc) is 2.69. The van der Waals surface area contributed by atoms with Gasteiger partial charge in [0.1, 0.15) is 0 Å². The van der Waals surface area contributed by atoms with Gasteiger partial charge in [-0.1, -0.05) is 52.3 Å². The van der Waals surface area contributed by atoms with E-state index in [1.165, 1.54) is 0 Å². The molecule has 6 heteroatoms. The Balaban J connectivity index is 1.94. The Morgan fingerprint density at radius 3 is 2.30 bits per heavy atom. The molecule has 0 aromatic heterocycles. The van der Waals surface area contributed by atoms with Crippen molar-refractivity contribution in [3.63, 3.8) is 0 Å². The molecule has 0 aliphatic heterocycles. The molecule has 0 saturated heterocycles. The average molecular weight is 428 g/mol. The van der Waals surface area contributed by atoms with Crippen LogP contribution >= 0.6 is 15.9 Å². The van der Waals surface area contributed by atoms with Crippen molar-refractivity contribution >= 4 is 33.4 Å². The van der Waals surface area contributed by atoms with Crippen molar-refractivity contribution in [1.82, 2.24) is 4.90 Å². The second kappa shape index (κ2) is 10.5. The maximum Gasteiger partial charge on any atom is 0.227 e. The van der Waals surface area contributed by atoms with Gasteiger partial charge in [0.05, 0.1) is 12.5 Å². The van der Waals surface area contributed by atoms with Crippen LogP contribution in [0.15, 0.2) is 59.1 Å². The van der Waals surface area contributed by atoms with Crippen LogP contribution in [-0.4, -0.2) is 30.3 Å². The molecule has 0 unspecified atom stereocenters. The summed E-state index contributed by atoms with van der Waals surface area (Å²) in [5.41, 5.74) is 1.76. The third kappa shape index (κ3) is 6.22. The van der Waals surface area contributed by atoms with Crippen molar-refractivity contribution < 1.29 is 9.59 Å². The van der Waals surface area contributed by atoms with E-state index >= 15 is 0 Å². The summed E-state index contributed by atoms with van der Waals surface area (Å²) >= 11 is 3.48. The highest BCUT2D eigenvalue weighted by Gasteiger charge is 2.18. The number of nitrogens with zero attached hydrogens (tertiary/aromatic N) is 3. The van der Waals surface area contributed by atoms with Gasteiger partial charge in [-0.3, -0.25) is 9.59 Å². The van der Waals surface area contributed by atoms with Crippen LogP contribution in [0, 0.1) is 11.3 Å². The largest absolute Gasteiger partial charge is 0.341 e. The molecule has 0 spiro atoms. The lowest BCUT2D eigenvalue weighted by Crippen LogP contribution is -2.33. The summed E-state index contributed by atoms with van der Waals surface area (Å²) in [5.74, 6) is -0.244. The van der Waals surface area contributed by atoms with Gasteiger partial charge in [0.15, 0.2) is 0 Å². The Hall–Kier alpha value is -2.65. The number of halogens is 1. The molecule has 0 atom stereocenters. The van der Waals surface area contributed by atoms with Gasteiger partial charge < -0.3 is 9.80 Å². The van der Waals surface area contributed by atoms with Gasteiger partial charge in [0.25, 0.3) is 0 Å². The van der Waals surface area contributed by atoms with Crippen LogP contribution in [-0.2, 0) is 16.1 Å². The molecule has 2 amide bonds. The highest BCUT2D eigenvalue weighted by atomic mass is 79.9. The summed E-state index contributed by atoms with van der Waals surface area (Å²) in [6.45, 7) is 0.797. The first kappa shape index (κ1) is 20.7. The Labute approximate surface area is 168 Å². The van der Waals surface area contributed by atoms with Crippen LogP contribution in [0.5, 0.6) is 0 Å². The van der Waals surface area contributed by atoms with Gasteiger partial charge in [0, 0.05) is 43.1 Å². The fraction of sp³-hybridized carbons (Fsp3) is 0.286. The van der Waals surface area contributed by atoms with Gasteiger partial charge in [-0.25, -0.2) is 0 Å². The number of carbonyl (C=O) groups excluding carboxylic acids is 2. The fourth-order valence-electron chi connectivity index (χ4n) is 2.68. The van der Waals surface area contributed by atoms with E-state index in [-0.39, 0.29) is 31.1 Å². The second-order valence-corrected chi connectivity index (χ2v) is 6.98. The predicted octanol–water partition coefficient (Wildman–Crippen LogP) is 4.13. The molecule has 2 rings (SSSR count). The number of nitriles is 1. The minimum atomic E-state index is -0.154. The van der Waals surface area contributed by atoms with E-state index in [1.54, 1.807) is 16.8 Å². The number of hydrogen-bond donors (Lipinski definition) is 0. The number of anilines is 1. The first-order chi connectivity index (χ1) is 13.0. The number of benzene rings is 2. The summed E-state index contributed by atoms with van der Waals surface area (Å²) < 4.78 is 0.951. The molecule has 0 fully saturated rings. The van der Waals surface area contributed by atoms with Gasteiger partial charge in [0.2, 0.25) is 11.8 Å². The number of amides is 2. The van der Waals surface area contributed by atoms with E-state index in [4.69, 9.17) is 5.26 Å². The minimum Gasteiger partial charge on any atom is -0.341 e. The lowest BCUT2D eigenvalue weighted by molar-refractivity contribution is -0.132. The SMILES string of the molecule is CN(Cc1ccccc1Br)C(=O)CCC(=O)N(CCC#N)c1ccccc1. The van der Waals surface area contributed by atoms with Crippen LogP contribution in [0.4, 0.5) is 5.69 Å². The smallest absolute Gasteiger partial charge is 0.227 e. The topological polar surface area (TPSA) is 64.4 Å². The number of rotatable bonds is 8. The third-order valence-corrected chi connectivity index (χ3v) is 4.93. The van der Waals surface area contributed by atoms with Crippen LogP contribution in [0.2, 0.25) is 0 Å². The van der Waals surface area contributed by atoms with Crippen LogP contribution in [0.1, 0.15) is 24.8 Å². The van der Waals surface area contributed by atoms with Gasteiger partial charge >= 0.3 is 0 Å².